The molecule has 1 N–H and O–H groups in total. The second kappa shape index (κ2) is 6.65. The number of oxazole rings is 1. The Hall–Kier alpha value is -2.29. The van der Waals surface area contributed by atoms with Crippen molar-refractivity contribution in [3.8, 4) is 11.5 Å². The van der Waals surface area contributed by atoms with Gasteiger partial charge < -0.3 is 9.73 Å². The van der Waals surface area contributed by atoms with Crippen LogP contribution in [0.2, 0.25) is 0 Å². The van der Waals surface area contributed by atoms with Gasteiger partial charge in [-0.05, 0) is 43.2 Å². The highest BCUT2D eigenvalue weighted by atomic mass is 16.3. The SMILES string of the molecule is CCCCCNc1ccc2oc(-c3ccccc3C)nc2c1. The van der Waals surface area contributed by atoms with Gasteiger partial charge in [-0.1, -0.05) is 38.0 Å². The molecule has 0 unspecified atom stereocenters. The Bertz CT molecular complexity index is 761. The van der Waals surface area contributed by atoms with Crippen LogP contribution in [0.1, 0.15) is 31.7 Å². The van der Waals surface area contributed by atoms with E-state index in [2.05, 4.69) is 42.3 Å². The Morgan fingerprint density at radius 2 is 1.95 bits per heavy atom. The van der Waals surface area contributed by atoms with Crippen LogP contribution in [-0.4, -0.2) is 11.5 Å². The number of hydrogen-bond donors (Lipinski definition) is 1. The fourth-order valence-electron chi connectivity index (χ4n) is 2.57. The van der Waals surface area contributed by atoms with Crippen LogP contribution in [-0.2, 0) is 0 Å². The average molecular weight is 294 g/mol. The molecule has 0 spiro atoms. The number of nitrogens with zero attached hydrogens (tertiary/aromatic N) is 1. The van der Waals surface area contributed by atoms with Crippen LogP contribution in [0.25, 0.3) is 22.6 Å². The molecule has 0 aliphatic heterocycles. The van der Waals surface area contributed by atoms with E-state index in [1.165, 1.54) is 24.8 Å². The highest BCUT2D eigenvalue weighted by Crippen LogP contribution is 2.28. The lowest BCUT2D eigenvalue weighted by atomic mass is 10.1. The third-order valence-electron chi connectivity index (χ3n) is 3.87. The van der Waals surface area contributed by atoms with Crippen molar-refractivity contribution < 1.29 is 4.42 Å². The van der Waals surface area contributed by atoms with Crippen LogP contribution in [0.4, 0.5) is 5.69 Å². The Labute approximate surface area is 131 Å². The van der Waals surface area contributed by atoms with Crippen molar-refractivity contribution in [2.24, 2.45) is 0 Å². The maximum Gasteiger partial charge on any atom is 0.227 e. The minimum absolute atomic E-state index is 0.691. The van der Waals surface area contributed by atoms with Crippen molar-refractivity contribution in [2.45, 2.75) is 33.1 Å². The molecule has 3 rings (SSSR count). The molecule has 3 heteroatoms. The maximum atomic E-state index is 5.89. The number of aromatic nitrogens is 1. The molecule has 1 heterocycles. The van der Waals surface area contributed by atoms with E-state index in [-0.39, 0.29) is 0 Å². The van der Waals surface area contributed by atoms with Crippen LogP contribution >= 0.6 is 0 Å². The first-order valence-electron chi connectivity index (χ1n) is 7.98. The van der Waals surface area contributed by atoms with Crippen LogP contribution < -0.4 is 5.32 Å². The first kappa shape index (κ1) is 14.6. The number of hydrogen-bond acceptors (Lipinski definition) is 3. The van der Waals surface area contributed by atoms with E-state index in [4.69, 9.17) is 4.42 Å². The molecule has 0 saturated carbocycles. The molecule has 0 aliphatic rings. The molecule has 22 heavy (non-hydrogen) atoms. The standard InChI is InChI=1S/C19H22N2O/c1-3-4-7-12-20-15-10-11-18-17(13-15)21-19(22-18)16-9-6-5-8-14(16)2/h5-6,8-11,13,20H,3-4,7,12H2,1-2H3. The van der Waals surface area contributed by atoms with Gasteiger partial charge in [-0.25, -0.2) is 4.98 Å². The van der Waals surface area contributed by atoms with Gasteiger partial charge in [-0.2, -0.15) is 0 Å². The van der Waals surface area contributed by atoms with Crippen molar-refractivity contribution in [2.75, 3.05) is 11.9 Å². The molecular formula is C19H22N2O. The molecule has 0 amide bonds. The predicted molar refractivity (Wildman–Crippen MR) is 92.2 cm³/mol. The van der Waals surface area contributed by atoms with E-state index in [1.807, 2.05) is 24.3 Å². The summed E-state index contributed by atoms with van der Waals surface area (Å²) in [5, 5.41) is 3.45. The highest BCUT2D eigenvalue weighted by molar-refractivity contribution is 5.80. The van der Waals surface area contributed by atoms with Crippen molar-refractivity contribution in [3.63, 3.8) is 0 Å². The van der Waals surface area contributed by atoms with E-state index in [0.717, 1.165) is 28.9 Å². The van der Waals surface area contributed by atoms with Gasteiger partial charge in [-0.15, -0.1) is 0 Å². The van der Waals surface area contributed by atoms with Gasteiger partial charge in [0.2, 0.25) is 5.89 Å². The number of fused-ring (bicyclic) bond motifs is 1. The molecule has 2 aromatic carbocycles. The van der Waals surface area contributed by atoms with Crippen molar-refractivity contribution in [1.82, 2.24) is 4.98 Å². The van der Waals surface area contributed by atoms with Crippen molar-refractivity contribution >= 4 is 16.8 Å². The van der Waals surface area contributed by atoms with E-state index in [9.17, 15) is 0 Å². The number of nitrogens with one attached hydrogen (secondary N) is 1. The third-order valence-corrected chi connectivity index (χ3v) is 3.87. The molecule has 3 aromatic rings. The summed E-state index contributed by atoms with van der Waals surface area (Å²) >= 11 is 0. The molecule has 0 bridgehead atoms. The zero-order valence-corrected chi connectivity index (χ0v) is 13.2. The van der Waals surface area contributed by atoms with Gasteiger partial charge in [0, 0.05) is 17.8 Å². The maximum absolute atomic E-state index is 5.89. The Morgan fingerprint density at radius 3 is 2.77 bits per heavy atom. The number of anilines is 1. The Kier molecular flexibility index (Phi) is 4.42. The summed E-state index contributed by atoms with van der Waals surface area (Å²) in [5.41, 5.74) is 5.06. The fourth-order valence-corrected chi connectivity index (χ4v) is 2.57. The second-order valence-corrected chi connectivity index (χ2v) is 5.65. The van der Waals surface area contributed by atoms with Gasteiger partial charge in [0.15, 0.2) is 5.58 Å². The van der Waals surface area contributed by atoms with Crippen LogP contribution in [0.5, 0.6) is 0 Å². The molecule has 1 aromatic heterocycles. The minimum Gasteiger partial charge on any atom is -0.436 e. The minimum atomic E-state index is 0.691. The Balaban J connectivity index is 1.83. The summed E-state index contributed by atoms with van der Waals surface area (Å²) < 4.78 is 5.89. The van der Waals surface area contributed by atoms with Crippen LogP contribution in [0, 0.1) is 6.92 Å². The summed E-state index contributed by atoms with van der Waals surface area (Å²) in [6.07, 6.45) is 3.70. The zero-order valence-electron chi connectivity index (χ0n) is 13.2. The van der Waals surface area contributed by atoms with Crippen LogP contribution in [0.3, 0.4) is 0 Å². The van der Waals surface area contributed by atoms with Crippen molar-refractivity contribution in [1.29, 1.82) is 0 Å². The summed E-state index contributed by atoms with van der Waals surface area (Å²) in [6.45, 7) is 5.29. The number of unbranched alkanes of at least 4 members (excludes halogenated alkanes) is 2. The molecule has 3 nitrogen and oxygen atoms in total. The quantitative estimate of drug-likeness (QED) is 0.618. The predicted octanol–water partition coefficient (Wildman–Crippen LogP) is 5.41. The van der Waals surface area contributed by atoms with Crippen LogP contribution in [0.15, 0.2) is 46.9 Å². The molecule has 0 radical (unpaired) electrons. The lowest BCUT2D eigenvalue weighted by molar-refractivity contribution is 0.619. The first-order valence-corrected chi connectivity index (χ1v) is 7.98. The van der Waals surface area contributed by atoms with Gasteiger partial charge >= 0.3 is 0 Å². The monoisotopic (exact) mass is 294 g/mol. The van der Waals surface area contributed by atoms with Gasteiger partial charge in [0.05, 0.1) is 0 Å². The topological polar surface area (TPSA) is 38.1 Å². The summed E-state index contributed by atoms with van der Waals surface area (Å²) in [5.74, 6) is 0.691. The van der Waals surface area contributed by atoms with E-state index >= 15 is 0 Å². The lowest BCUT2D eigenvalue weighted by Gasteiger charge is -2.04. The van der Waals surface area contributed by atoms with Gasteiger partial charge in [-0.3, -0.25) is 0 Å². The van der Waals surface area contributed by atoms with Gasteiger partial charge in [0.1, 0.15) is 5.52 Å². The smallest absolute Gasteiger partial charge is 0.227 e. The number of rotatable bonds is 6. The number of benzene rings is 2. The largest absolute Gasteiger partial charge is 0.436 e. The molecule has 114 valence electrons. The zero-order chi connectivity index (χ0) is 15.4. The second-order valence-electron chi connectivity index (χ2n) is 5.65. The normalized spacial score (nSPS) is 11.0. The molecule has 0 saturated heterocycles. The molecule has 0 fully saturated rings. The summed E-state index contributed by atoms with van der Waals surface area (Å²) in [7, 11) is 0. The van der Waals surface area contributed by atoms with Gasteiger partial charge in [0.25, 0.3) is 0 Å². The molecule has 0 aliphatic carbocycles. The lowest BCUT2D eigenvalue weighted by Crippen LogP contribution is -2.00. The van der Waals surface area contributed by atoms with E-state index < -0.39 is 0 Å². The average Bonchev–Trinajstić information content (AvgIpc) is 2.95. The van der Waals surface area contributed by atoms with E-state index in [1.54, 1.807) is 0 Å². The first-order chi connectivity index (χ1) is 10.8. The fraction of sp³-hybridized carbons (Fsp3) is 0.316. The third kappa shape index (κ3) is 3.14. The summed E-state index contributed by atoms with van der Waals surface area (Å²) in [4.78, 5) is 4.64. The summed E-state index contributed by atoms with van der Waals surface area (Å²) in [6, 6.07) is 14.3. The van der Waals surface area contributed by atoms with Crippen molar-refractivity contribution in [3.05, 3.63) is 48.0 Å². The molecule has 0 atom stereocenters. The number of aryl methyl sites for hydroxylation is 1. The highest BCUT2D eigenvalue weighted by Gasteiger charge is 2.10. The van der Waals surface area contributed by atoms with E-state index in [0.29, 0.717) is 5.89 Å². The Morgan fingerprint density at radius 1 is 1.09 bits per heavy atom. The molecular weight excluding hydrogens is 272 g/mol.